The Labute approximate surface area is 118 Å². The van der Waals surface area contributed by atoms with Gasteiger partial charge in [-0.15, -0.1) is 10.2 Å². The number of halogens is 1. The minimum absolute atomic E-state index is 0.461. The first-order valence-corrected chi connectivity index (χ1v) is 6.50. The number of nitrogens with zero attached hydrogens (tertiary/aromatic N) is 4. The van der Waals surface area contributed by atoms with E-state index in [2.05, 4.69) is 15.2 Å². The summed E-state index contributed by atoms with van der Waals surface area (Å²) in [5.41, 5.74) is 4.04. The fourth-order valence-electron chi connectivity index (χ4n) is 1.93. The molecule has 2 heterocycles. The van der Waals surface area contributed by atoms with E-state index in [4.69, 9.17) is 11.6 Å². The van der Waals surface area contributed by atoms with E-state index in [1.54, 1.807) is 0 Å². The van der Waals surface area contributed by atoms with Gasteiger partial charge in [0.25, 0.3) is 0 Å². The van der Waals surface area contributed by atoms with Crippen LogP contribution in [-0.4, -0.2) is 22.2 Å². The van der Waals surface area contributed by atoms with Crippen molar-refractivity contribution in [3.8, 4) is 0 Å². The maximum Gasteiger partial charge on any atom is 0.155 e. The van der Waals surface area contributed by atoms with E-state index in [9.17, 15) is 0 Å². The van der Waals surface area contributed by atoms with Crippen LogP contribution in [0.25, 0.3) is 0 Å². The third kappa shape index (κ3) is 3.01. The molecule has 5 heteroatoms. The lowest BCUT2D eigenvalue weighted by Crippen LogP contribution is -2.20. The standard InChI is InChI=1S/C14H17ClN4/c1-9-6-5-7-12(16-9)8-19(4)14-11(3)10(2)13(15)17-18-14/h5-7H,8H2,1-4H3. The highest BCUT2D eigenvalue weighted by atomic mass is 35.5. The summed E-state index contributed by atoms with van der Waals surface area (Å²) < 4.78 is 0. The predicted octanol–water partition coefficient (Wildman–Crippen LogP) is 3.09. The molecule has 0 unspecified atom stereocenters. The van der Waals surface area contributed by atoms with Gasteiger partial charge in [-0.2, -0.15) is 0 Å². The van der Waals surface area contributed by atoms with Crippen molar-refractivity contribution in [3.05, 3.63) is 45.9 Å². The zero-order valence-corrected chi connectivity index (χ0v) is 12.4. The minimum atomic E-state index is 0.461. The van der Waals surface area contributed by atoms with Gasteiger partial charge in [0.05, 0.1) is 12.2 Å². The van der Waals surface area contributed by atoms with E-state index in [0.717, 1.165) is 28.3 Å². The van der Waals surface area contributed by atoms with Crippen LogP contribution in [0.5, 0.6) is 0 Å². The van der Waals surface area contributed by atoms with Crippen molar-refractivity contribution >= 4 is 17.4 Å². The van der Waals surface area contributed by atoms with Crippen LogP contribution in [0, 0.1) is 20.8 Å². The number of anilines is 1. The lowest BCUT2D eigenvalue weighted by Gasteiger charge is -2.20. The first kappa shape index (κ1) is 13.7. The molecular weight excluding hydrogens is 260 g/mol. The van der Waals surface area contributed by atoms with E-state index in [1.807, 2.05) is 50.9 Å². The van der Waals surface area contributed by atoms with Gasteiger partial charge in [-0.25, -0.2) is 0 Å². The maximum atomic E-state index is 5.97. The van der Waals surface area contributed by atoms with Crippen molar-refractivity contribution in [1.29, 1.82) is 0 Å². The molecule has 0 aromatic carbocycles. The molecule has 0 spiro atoms. The normalized spacial score (nSPS) is 10.6. The Morgan fingerprint density at radius 1 is 1.11 bits per heavy atom. The van der Waals surface area contributed by atoms with Crippen molar-refractivity contribution < 1.29 is 0 Å². The van der Waals surface area contributed by atoms with E-state index in [1.165, 1.54) is 0 Å². The molecule has 0 fully saturated rings. The Kier molecular flexibility index (Phi) is 4.00. The van der Waals surface area contributed by atoms with Crippen LogP contribution in [0.4, 0.5) is 5.82 Å². The quantitative estimate of drug-likeness (QED) is 0.864. The molecular formula is C14H17ClN4. The van der Waals surface area contributed by atoms with E-state index < -0.39 is 0 Å². The Morgan fingerprint density at radius 3 is 2.53 bits per heavy atom. The van der Waals surface area contributed by atoms with Crippen LogP contribution in [0.3, 0.4) is 0 Å². The molecule has 4 nitrogen and oxygen atoms in total. The van der Waals surface area contributed by atoms with Gasteiger partial charge in [0, 0.05) is 12.7 Å². The summed E-state index contributed by atoms with van der Waals surface area (Å²) in [6, 6.07) is 6.01. The number of aryl methyl sites for hydroxylation is 1. The second-order valence-electron chi connectivity index (χ2n) is 4.69. The van der Waals surface area contributed by atoms with Crippen LogP contribution in [0.1, 0.15) is 22.5 Å². The van der Waals surface area contributed by atoms with Gasteiger partial charge in [0.15, 0.2) is 11.0 Å². The number of hydrogen-bond acceptors (Lipinski definition) is 4. The Balaban J connectivity index is 2.25. The highest BCUT2D eigenvalue weighted by molar-refractivity contribution is 6.30. The average Bonchev–Trinajstić information content (AvgIpc) is 2.36. The molecule has 0 radical (unpaired) electrons. The Bertz CT molecular complexity index is 598. The van der Waals surface area contributed by atoms with E-state index in [-0.39, 0.29) is 0 Å². The molecule has 0 aliphatic heterocycles. The number of pyridine rings is 1. The molecule has 0 saturated carbocycles. The van der Waals surface area contributed by atoms with Gasteiger partial charge in [-0.3, -0.25) is 4.98 Å². The molecule has 0 aliphatic rings. The smallest absolute Gasteiger partial charge is 0.155 e. The average molecular weight is 277 g/mol. The van der Waals surface area contributed by atoms with Crippen LogP contribution in [-0.2, 0) is 6.54 Å². The lowest BCUT2D eigenvalue weighted by molar-refractivity contribution is 0.828. The topological polar surface area (TPSA) is 41.9 Å². The number of rotatable bonds is 3. The minimum Gasteiger partial charge on any atom is -0.352 e. The summed E-state index contributed by atoms with van der Waals surface area (Å²) in [6.45, 7) is 6.64. The monoisotopic (exact) mass is 276 g/mol. The molecule has 19 heavy (non-hydrogen) atoms. The molecule has 0 saturated heterocycles. The van der Waals surface area contributed by atoms with Crippen LogP contribution >= 0.6 is 11.6 Å². The third-order valence-electron chi connectivity index (χ3n) is 3.15. The van der Waals surface area contributed by atoms with Crippen molar-refractivity contribution in [2.45, 2.75) is 27.3 Å². The second kappa shape index (κ2) is 5.53. The van der Waals surface area contributed by atoms with Crippen molar-refractivity contribution in [1.82, 2.24) is 15.2 Å². The summed E-state index contributed by atoms with van der Waals surface area (Å²) in [5.74, 6) is 0.838. The zero-order chi connectivity index (χ0) is 14.0. The van der Waals surface area contributed by atoms with Crippen molar-refractivity contribution in [3.63, 3.8) is 0 Å². The fourth-order valence-corrected chi connectivity index (χ4v) is 2.11. The maximum absolute atomic E-state index is 5.97. The van der Waals surface area contributed by atoms with E-state index in [0.29, 0.717) is 11.7 Å². The summed E-state index contributed by atoms with van der Waals surface area (Å²) >= 11 is 5.97. The summed E-state index contributed by atoms with van der Waals surface area (Å²) in [4.78, 5) is 6.53. The highest BCUT2D eigenvalue weighted by Gasteiger charge is 2.12. The first-order chi connectivity index (χ1) is 8.99. The van der Waals surface area contributed by atoms with Crippen molar-refractivity contribution in [2.75, 3.05) is 11.9 Å². The first-order valence-electron chi connectivity index (χ1n) is 6.12. The second-order valence-corrected chi connectivity index (χ2v) is 5.05. The van der Waals surface area contributed by atoms with Gasteiger partial charge >= 0.3 is 0 Å². The fraction of sp³-hybridized carbons (Fsp3) is 0.357. The molecule has 0 N–H and O–H groups in total. The lowest BCUT2D eigenvalue weighted by atomic mass is 10.2. The number of hydrogen-bond donors (Lipinski definition) is 0. The Hall–Kier alpha value is -1.68. The molecule has 100 valence electrons. The molecule has 2 aromatic rings. The van der Waals surface area contributed by atoms with Crippen molar-refractivity contribution in [2.24, 2.45) is 0 Å². The SMILES string of the molecule is Cc1cccc(CN(C)c2nnc(Cl)c(C)c2C)n1. The van der Waals surface area contributed by atoms with E-state index >= 15 is 0 Å². The highest BCUT2D eigenvalue weighted by Crippen LogP contribution is 2.23. The number of aromatic nitrogens is 3. The predicted molar refractivity (Wildman–Crippen MR) is 77.6 cm³/mol. The summed E-state index contributed by atoms with van der Waals surface area (Å²) in [7, 11) is 1.98. The summed E-state index contributed by atoms with van der Waals surface area (Å²) in [5, 5.41) is 8.61. The molecule has 0 atom stereocenters. The van der Waals surface area contributed by atoms with Gasteiger partial charge in [0.1, 0.15) is 0 Å². The summed E-state index contributed by atoms with van der Waals surface area (Å²) in [6.07, 6.45) is 0. The molecule has 0 bridgehead atoms. The Morgan fingerprint density at radius 2 is 1.84 bits per heavy atom. The molecule has 0 amide bonds. The third-order valence-corrected chi connectivity index (χ3v) is 3.51. The largest absolute Gasteiger partial charge is 0.352 e. The van der Waals surface area contributed by atoms with Gasteiger partial charge in [0.2, 0.25) is 0 Å². The van der Waals surface area contributed by atoms with Crippen LogP contribution < -0.4 is 4.90 Å². The molecule has 0 aliphatic carbocycles. The molecule has 2 aromatic heterocycles. The van der Waals surface area contributed by atoms with Crippen LogP contribution in [0.15, 0.2) is 18.2 Å². The van der Waals surface area contributed by atoms with Gasteiger partial charge < -0.3 is 4.90 Å². The van der Waals surface area contributed by atoms with Gasteiger partial charge in [-0.05, 0) is 44.0 Å². The zero-order valence-electron chi connectivity index (χ0n) is 11.6. The van der Waals surface area contributed by atoms with Crippen LogP contribution in [0.2, 0.25) is 5.15 Å². The van der Waals surface area contributed by atoms with Gasteiger partial charge in [-0.1, -0.05) is 17.7 Å². The molecule has 2 rings (SSSR count).